The van der Waals surface area contributed by atoms with Crippen LogP contribution >= 0.6 is 46.4 Å². The van der Waals surface area contributed by atoms with Gasteiger partial charge in [-0.25, -0.2) is 0 Å². The maximum atomic E-state index is 12.8. The lowest BCUT2D eigenvalue weighted by atomic mass is 10.1. The predicted molar refractivity (Wildman–Crippen MR) is 118 cm³/mol. The van der Waals surface area contributed by atoms with Crippen molar-refractivity contribution in [1.82, 2.24) is 0 Å². The van der Waals surface area contributed by atoms with Crippen molar-refractivity contribution in [2.45, 2.75) is 29.1 Å². The summed E-state index contributed by atoms with van der Waals surface area (Å²) < 4.78 is 9.57. The average molecular weight is 487 g/mol. The molecule has 8 heteroatoms. The number of rotatable bonds is 6. The molecule has 0 aromatic heterocycles. The first kappa shape index (κ1) is 23.0. The maximum Gasteiger partial charge on any atom is 0.311 e. The summed E-state index contributed by atoms with van der Waals surface area (Å²) in [5.41, 5.74) is -0.0100. The van der Waals surface area contributed by atoms with Crippen molar-refractivity contribution in [2.24, 2.45) is 17.3 Å². The highest BCUT2D eigenvalue weighted by Gasteiger charge is 2.68. The van der Waals surface area contributed by atoms with E-state index in [2.05, 4.69) is 0 Å². The molecule has 0 N–H and O–H groups in total. The molecule has 0 bridgehead atoms. The number of nitriles is 1. The summed E-state index contributed by atoms with van der Waals surface area (Å²) in [6, 6.07) is 18.1. The van der Waals surface area contributed by atoms with E-state index in [4.69, 9.17) is 55.9 Å². The summed E-state index contributed by atoms with van der Waals surface area (Å²) in [4.78, 5) is 12.8. The summed E-state index contributed by atoms with van der Waals surface area (Å²) in [7, 11) is 0. The van der Waals surface area contributed by atoms with E-state index in [1.165, 1.54) is 0 Å². The number of esters is 1. The van der Waals surface area contributed by atoms with Gasteiger partial charge in [-0.2, -0.15) is 5.26 Å². The molecule has 2 aromatic carbocycles. The molecule has 1 aliphatic rings. The summed E-state index contributed by atoms with van der Waals surface area (Å²) in [6.07, 6.45) is -1.10. The third kappa shape index (κ3) is 4.98. The van der Waals surface area contributed by atoms with Crippen molar-refractivity contribution in [3.05, 3.63) is 60.2 Å². The third-order valence-electron chi connectivity index (χ3n) is 5.28. The Morgan fingerprint density at radius 2 is 1.73 bits per heavy atom. The first-order chi connectivity index (χ1) is 14.1. The number of para-hydroxylation sites is 1. The Labute approximate surface area is 195 Å². The molecule has 0 spiro atoms. The van der Waals surface area contributed by atoms with Crippen LogP contribution in [0.25, 0.3) is 0 Å². The minimum absolute atomic E-state index is 0.383. The largest absolute Gasteiger partial charge is 0.457 e. The van der Waals surface area contributed by atoms with Crippen LogP contribution < -0.4 is 4.74 Å². The van der Waals surface area contributed by atoms with Gasteiger partial charge >= 0.3 is 5.97 Å². The van der Waals surface area contributed by atoms with Crippen molar-refractivity contribution < 1.29 is 14.3 Å². The van der Waals surface area contributed by atoms with Crippen LogP contribution in [-0.4, -0.2) is 15.1 Å². The maximum absolute atomic E-state index is 12.8. The van der Waals surface area contributed by atoms with Gasteiger partial charge in [-0.3, -0.25) is 4.79 Å². The molecule has 0 radical (unpaired) electrons. The predicted octanol–water partition coefficient (Wildman–Crippen LogP) is 6.84. The summed E-state index contributed by atoms with van der Waals surface area (Å²) in [5, 5.41) is 8.73. The molecule has 0 amide bonds. The van der Waals surface area contributed by atoms with Crippen LogP contribution in [0.4, 0.5) is 0 Å². The van der Waals surface area contributed by atoms with Crippen molar-refractivity contribution in [1.29, 1.82) is 5.26 Å². The van der Waals surface area contributed by atoms with Gasteiger partial charge in [0.1, 0.15) is 17.6 Å². The molecule has 158 valence electrons. The first-order valence-electron chi connectivity index (χ1n) is 9.19. The summed E-state index contributed by atoms with van der Waals surface area (Å²) in [6.45, 7) is 3.70. The van der Waals surface area contributed by atoms with Crippen molar-refractivity contribution in [3.8, 4) is 17.6 Å². The Morgan fingerprint density at radius 3 is 2.33 bits per heavy atom. The Hall–Kier alpha value is -1.64. The number of carbonyl (C=O) groups excluding carboxylic acids is 1. The van der Waals surface area contributed by atoms with E-state index in [0.29, 0.717) is 17.1 Å². The monoisotopic (exact) mass is 485 g/mol. The molecule has 30 heavy (non-hydrogen) atoms. The lowest BCUT2D eigenvalue weighted by Crippen LogP contribution is -2.25. The van der Waals surface area contributed by atoms with Gasteiger partial charge in [-0.15, -0.1) is 11.6 Å². The van der Waals surface area contributed by atoms with Crippen LogP contribution in [0, 0.1) is 28.6 Å². The van der Waals surface area contributed by atoms with Crippen molar-refractivity contribution >= 4 is 52.4 Å². The Balaban J connectivity index is 1.72. The molecule has 1 aliphatic carbocycles. The molecular formula is C22H19Cl4NO3. The van der Waals surface area contributed by atoms with Crippen LogP contribution in [-0.2, 0) is 9.53 Å². The molecule has 0 saturated heterocycles. The van der Waals surface area contributed by atoms with Gasteiger partial charge in [0.15, 0.2) is 0 Å². The van der Waals surface area contributed by atoms with Crippen LogP contribution in [0.15, 0.2) is 54.6 Å². The first-order valence-corrected chi connectivity index (χ1v) is 10.8. The lowest BCUT2D eigenvalue weighted by molar-refractivity contribution is -0.149. The molecule has 4 nitrogen and oxygen atoms in total. The average Bonchev–Trinajstić information content (AvgIpc) is 3.27. The highest BCUT2D eigenvalue weighted by Crippen LogP contribution is 2.64. The normalized spacial score (nSPS) is 21.8. The van der Waals surface area contributed by atoms with Crippen LogP contribution in [0.3, 0.4) is 0 Å². The zero-order valence-corrected chi connectivity index (χ0v) is 19.2. The van der Waals surface area contributed by atoms with E-state index in [1.807, 2.05) is 50.2 Å². The van der Waals surface area contributed by atoms with Gasteiger partial charge in [0.25, 0.3) is 0 Å². The third-order valence-corrected chi connectivity index (χ3v) is 6.92. The van der Waals surface area contributed by atoms with Gasteiger partial charge < -0.3 is 9.47 Å². The van der Waals surface area contributed by atoms with Crippen molar-refractivity contribution in [2.75, 3.05) is 0 Å². The Kier molecular flexibility index (Phi) is 6.79. The van der Waals surface area contributed by atoms with Gasteiger partial charge in [0.05, 0.1) is 11.3 Å². The second kappa shape index (κ2) is 8.85. The molecule has 1 fully saturated rings. The number of benzene rings is 2. The molecule has 0 heterocycles. The molecule has 1 saturated carbocycles. The number of hydrogen-bond acceptors (Lipinski definition) is 4. The highest BCUT2D eigenvalue weighted by atomic mass is 35.6. The molecule has 3 rings (SSSR count). The fourth-order valence-corrected chi connectivity index (χ4v) is 4.48. The SMILES string of the molecule is CC1(C)[C@@H]([C@H](Cl)C(Cl)(Cl)Cl)[C@H]1C(=O)O[C@@H](C#N)c1cccc(Oc2ccccc2)c1. The molecule has 4 atom stereocenters. The quantitative estimate of drug-likeness (QED) is 0.331. The molecule has 2 aromatic rings. The summed E-state index contributed by atoms with van der Waals surface area (Å²) >= 11 is 24.0. The number of alkyl halides is 4. The molecule has 0 aliphatic heterocycles. The van der Waals surface area contributed by atoms with E-state index >= 15 is 0 Å². The van der Waals surface area contributed by atoms with Gasteiger partial charge in [-0.05, 0) is 35.6 Å². The minimum Gasteiger partial charge on any atom is -0.457 e. The highest BCUT2D eigenvalue weighted by molar-refractivity contribution is 6.70. The van der Waals surface area contributed by atoms with Gasteiger partial charge in [0.2, 0.25) is 9.90 Å². The van der Waals surface area contributed by atoms with Gasteiger partial charge in [-0.1, -0.05) is 79.0 Å². The lowest BCUT2D eigenvalue weighted by Gasteiger charge is -2.19. The van der Waals surface area contributed by atoms with E-state index in [9.17, 15) is 10.1 Å². The van der Waals surface area contributed by atoms with E-state index in [-0.39, 0.29) is 5.92 Å². The van der Waals surface area contributed by atoms with E-state index in [0.717, 1.165) is 0 Å². The standard InChI is InChI=1S/C22H19Cl4NO3/c1-21(2)17(19(23)22(24,25)26)18(21)20(28)30-16(12-27)13-7-6-10-15(11-13)29-14-8-4-3-5-9-14/h3-11,16-19H,1-2H3/t16-,17+,18-,19-/m0/s1. The fraction of sp³-hybridized carbons (Fsp3) is 0.364. The molecule has 0 unspecified atom stereocenters. The second-order valence-electron chi connectivity index (χ2n) is 7.70. The van der Waals surface area contributed by atoms with E-state index < -0.39 is 32.6 Å². The minimum atomic E-state index is -1.71. The zero-order valence-electron chi connectivity index (χ0n) is 16.2. The topological polar surface area (TPSA) is 59.3 Å². The number of halogens is 4. The van der Waals surface area contributed by atoms with Crippen molar-refractivity contribution in [3.63, 3.8) is 0 Å². The Morgan fingerprint density at radius 1 is 1.10 bits per heavy atom. The van der Waals surface area contributed by atoms with Gasteiger partial charge in [0, 0.05) is 5.56 Å². The zero-order chi connectivity index (χ0) is 22.1. The van der Waals surface area contributed by atoms with Crippen LogP contribution in [0.2, 0.25) is 0 Å². The van der Waals surface area contributed by atoms with E-state index in [1.54, 1.807) is 24.3 Å². The molecular weight excluding hydrogens is 468 g/mol. The summed E-state index contributed by atoms with van der Waals surface area (Å²) in [5.74, 6) is -0.327. The smallest absolute Gasteiger partial charge is 0.311 e. The second-order valence-corrected chi connectivity index (χ2v) is 10.5. The van der Waals surface area contributed by atoms with Crippen LogP contribution in [0.5, 0.6) is 11.5 Å². The number of hydrogen-bond donors (Lipinski definition) is 0. The number of ether oxygens (including phenoxy) is 2. The number of carbonyl (C=O) groups is 1. The number of nitrogens with zero attached hydrogens (tertiary/aromatic N) is 1. The van der Waals surface area contributed by atoms with Crippen LogP contribution in [0.1, 0.15) is 25.5 Å². The Bertz CT molecular complexity index is 953. The fourth-order valence-electron chi connectivity index (χ4n) is 3.60.